The third-order valence-corrected chi connectivity index (χ3v) is 9.41. The Morgan fingerprint density at radius 1 is 0.930 bits per heavy atom. The van der Waals surface area contributed by atoms with Gasteiger partial charge in [0, 0.05) is 48.0 Å². The standard InChI is InChI=1S/C37H43N5O/c1-23(2)26(5)37(43)42-22-25(4)17-35(42)36-40-21-34(41-36)30-14-10-28(11-15-30)7-6-27-8-12-29(13-9-27)31-18-33(39-20-31)32-16-24(3)19-38-32/h8-15,20-21,23-26,32,35,38H,16-19,22H2,1-5H3,(H,40,41)/t24-,25-,26-,32-,35-/m0/s1. The van der Waals surface area contributed by atoms with E-state index in [1.54, 1.807) is 0 Å². The highest BCUT2D eigenvalue weighted by atomic mass is 16.2. The molecule has 43 heavy (non-hydrogen) atoms. The van der Waals surface area contributed by atoms with E-state index in [9.17, 15) is 4.79 Å². The number of nitrogens with zero attached hydrogens (tertiary/aromatic N) is 3. The van der Waals surface area contributed by atoms with Gasteiger partial charge in [0.25, 0.3) is 0 Å². The molecule has 222 valence electrons. The fourth-order valence-electron chi connectivity index (χ4n) is 6.40. The molecular formula is C37H43N5O. The van der Waals surface area contributed by atoms with Gasteiger partial charge in [0.05, 0.1) is 17.9 Å². The molecule has 0 unspecified atom stereocenters. The van der Waals surface area contributed by atoms with Gasteiger partial charge in [0.1, 0.15) is 5.82 Å². The lowest BCUT2D eigenvalue weighted by Crippen LogP contribution is -2.37. The van der Waals surface area contributed by atoms with Crippen molar-refractivity contribution in [2.75, 3.05) is 13.1 Å². The first-order valence-corrected chi connectivity index (χ1v) is 15.8. The van der Waals surface area contributed by atoms with Crippen LogP contribution in [0.1, 0.15) is 82.4 Å². The van der Waals surface area contributed by atoms with E-state index in [2.05, 4.69) is 98.4 Å². The molecule has 0 radical (unpaired) electrons. The Bertz CT molecular complexity index is 1580. The Balaban J connectivity index is 1.08. The summed E-state index contributed by atoms with van der Waals surface area (Å²) in [5, 5.41) is 3.60. The van der Waals surface area contributed by atoms with Crippen molar-refractivity contribution in [1.29, 1.82) is 0 Å². The summed E-state index contributed by atoms with van der Waals surface area (Å²) in [5.41, 5.74) is 7.73. The molecule has 3 aliphatic heterocycles. The lowest BCUT2D eigenvalue weighted by Gasteiger charge is -2.28. The van der Waals surface area contributed by atoms with Gasteiger partial charge in [-0.05, 0) is 78.1 Å². The zero-order valence-electron chi connectivity index (χ0n) is 26.0. The number of nitrogens with one attached hydrogen (secondary N) is 2. The molecule has 2 N–H and O–H groups in total. The summed E-state index contributed by atoms with van der Waals surface area (Å²) in [5.74, 6) is 9.21. The van der Waals surface area contributed by atoms with Crippen molar-refractivity contribution in [3.05, 3.63) is 83.4 Å². The van der Waals surface area contributed by atoms with Crippen LogP contribution in [0.15, 0.2) is 65.9 Å². The first-order valence-electron chi connectivity index (χ1n) is 15.8. The molecule has 6 nitrogen and oxygen atoms in total. The van der Waals surface area contributed by atoms with Crippen molar-refractivity contribution in [1.82, 2.24) is 20.2 Å². The molecule has 0 saturated carbocycles. The van der Waals surface area contributed by atoms with Crippen LogP contribution in [0.4, 0.5) is 0 Å². The van der Waals surface area contributed by atoms with E-state index in [4.69, 9.17) is 9.98 Å². The number of benzene rings is 2. The van der Waals surface area contributed by atoms with Crippen molar-refractivity contribution in [2.45, 2.75) is 66.0 Å². The Morgan fingerprint density at radius 3 is 2.23 bits per heavy atom. The van der Waals surface area contributed by atoms with E-state index in [0.717, 1.165) is 60.1 Å². The highest BCUT2D eigenvalue weighted by Crippen LogP contribution is 2.36. The fourth-order valence-corrected chi connectivity index (χ4v) is 6.40. The van der Waals surface area contributed by atoms with Gasteiger partial charge < -0.3 is 15.2 Å². The number of carbonyl (C=O) groups excluding carboxylic acids is 1. The number of likely N-dealkylation sites (tertiary alicyclic amines) is 1. The highest BCUT2D eigenvalue weighted by Gasteiger charge is 2.38. The number of aliphatic imine (C=N–C) groups is 1. The first kappa shape index (κ1) is 29.1. The van der Waals surface area contributed by atoms with Crippen LogP contribution < -0.4 is 5.32 Å². The number of imidazole rings is 1. The number of hydrogen-bond donors (Lipinski definition) is 2. The molecule has 6 rings (SSSR count). The molecule has 3 aliphatic rings. The molecule has 0 aliphatic carbocycles. The summed E-state index contributed by atoms with van der Waals surface area (Å²) in [6.45, 7) is 12.6. The molecule has 1 aromatic heterocycles. The van der Waals surface area contributed by atoms with Crippen molar-refractivity contribution in [3.8, 4) is 23.1 Å². The third-order valence-electron chi connectivity index (χ3n) is 9.41. The molecule has 4 heterocycles. The van der Waals surface area contributed by atoms with Gasteiger partial charge in [-0.1, -0.05) is 70.7 Å². The summed E-state index contributed by atoms with van der Waals surface area (Å²) < 4.78 is 0. The number of rotatable bonds is 6. The van der Waals surface area contributed by atoms with E-state index in [1.807, 2.05) is 24.2 Å². The van der Waals surface area contributed by atoms with Crippen molar-refractivity contribution in [2.24, 2.45) is 28.7 Å². The number of amides is 1. The third kappa shape index (κ3) is 6.38. The summed E-state index contributed by atoms with van der Waals surface area (Å²) in [4.78, 5) is 28.2. The van der Waals surface area contributed by atoms with Gasteiger partial charge in [-0.2, -0.15) is 0 Å². The minimum absolute atomic E-state index is 0.00152. The summed E-state index contributed by atoms with van der Waals surface area (Å²) in [7, 11) is 0. The summed E-state index contributed by atoms with van der Waals surface area (Å²) in [6.07, 6.45) is 6.95. The molecule has 0 bridgehead atoms. The SMILES string of the molecule is CC(C)[C@H](C)C(=O)N1C[C@@H](C)C[C@H]1c1ncc(-c2ccc(C#Cc3ccc(C4=CN=C([C@@H]5C[C@H](C)CN5)C4)cc3)cc2)[nH]1. The second kappa shape index (κ2) is 12.3. The topological polar surface area (TPSA) is 73.4 Å². The van der Waals surface area contributed by atoms with Gasteiger partial charge in [-0.25, -0.2) is 4.98 Å². The maximum atomic E-state index is 13.2. The Hall–Kier alpha value is -3.95. The Kier molecular flexibility index (Phi) is 8.36. The Morgan fingerprint density at radius 2 is 1.60 bits per heavy atom. The molecule has 2 fully saturated rings. The van der Waals surface area contributed by atoms with Crippen molar-refractivity contribution in [3.63, 3.8) is 0 Å². The van der Waals surface area contributed by atoms with Gasteiger partial charge >= 0.3 is 0 Å². The number of aromatic nitrogens is 2. The number of allylic oxidation sites excluding steroid dienone is 1. The summed E-state index contributed by atoms with van der Waals surface area (Å²) >= 11 is 0. The first-order chi connectivity index (χ1) is 20.7. The van der Waals surface area contributed by atoms with E-state index in [-0.39, 0.29) is 17.9 Å². The predicted molar refractivity (Wildman–Crippen MR) is 174 cm³/mol. The molecule has 2 saturated heterocycles. The largest absolute Gasteiger partial charge is 0.340 e. The second-order valence-corrected chi connectivity index (χ2v) is 13.2. The van der Waals surface area contributed by atoms with Crippen LogP contribution in [-0.2, 0) is 4.79 Å². The molecule has 0 spiro atoms. The van der Waals surface area contributed by atoms with E-state index in [1.165, 1.54) is 23.3 Å². The van der Waals surface area contributed by atoms with Crippen molar-refractivity contribution < 1.29 is 4.79 Å². The number of carbonyl (C=O) groups is 1. The van der Waals surface area contributed by atoms with Crippen LogP contribution in [0.2, 0.25) is 0 Å². The molecule has 5 atom stereocenters. The van der Waals surface area contributed by atoms with Gasteiger partial charge in [-0.3, -0.25) is 9.79 Å². The molecule has 1 amide bonds. The zero-order chi connectivity index (χ0) is 30.1. The van der Waals surface area contributed by atoms with Gasteiger partial charge in [0.15, 0.2) is 0 Å². The van der Waals surface area contributed by atoms with E-state index < -0.39 is 0 Å². The average Bonchev–Trinajstić information content (AvgIpc) is 3.83. The monoisotopic (exact) mass is 573 g/mol. The minimum Gasteiger partial charge on any atom is -0.340 e. The maximum Gasteiger partial charge on any atom is 0.226 e. The zero-order valence-corrected chi connectivity index (χ0v) is 26.0. The molecule has 2 aromatic carbocycles. The maximum absolute atomic E-state index is 13.2. The number of H-pyrrole nitrogens is 1. The van der Waals surface area contributed by atoms with Crippen LogP contribution in [0.5, 0.6) is 0 Å². The molecule has 6 heteroatoms. The second-order valence-electron chi connectivity index (χ2n) is 13.2. The fraction of sp³-hybridized carbons (Fsp3) is 0.432. The Labute approximate surface area is 256 Å². The van der Waals surface area contributed by atoms with Crippen LogP contribution >= 0.6 is 0 Å². The lowest BCUT2D eigenvalue weighted by molar-refractivity contribution is -0.137. The molecule has 3 aromatic rings. The van der Waals surface area contributed by atoms with Crippen molar-refractivity contribution >= 4 is 17.2 Å². The average molecular weight is 574 g/mol. The van der Waals surface area contributed by atoms with E-state index >= 15 is 0 Å². The smallest absolute Gasteiger partial charge is 0.226 e. The normalized spacial score (nSPS) is 24.1. The molecular weight excluding hydrogens is 530 g/mol. The summed E-state index contributed by atoms with van der Waals surface area (Å²) in [6, 6.07) is 17.2. The quantitative estimate of drug-likeness (QED) is 0.317. The van der Waals surface area contributed by atoms with E-state index in [0.29, 0.717) is 17.9 Å². The van der Waals surface area contributed by atoms with Crippen LogP contribution in [-0.4, -0.2) is 45.6 Å². The number of hydrogen-bond acceptors (Lipinski definition) is 4. The number of aromatic amines is 1. The lowest BCUT2D eigenvalue weighted by atomic mass is 9.96. The van der Waals surface area contributed by atoms with Crippen LogP contribution in [0.3, 0.4) is 0 Å². The minimum atomic E-state index is 0.00152. The van der Waals surface area contributed by atoms with Gasteiger partial charge in [-0.15, -0.1) is 0 Å². The van der Waals surface area contributed by atoms with Gasteiger partial charge in [0.2, 0.25) is 5.91 Å². The predicted octanol–water partition coefficient (Wildman–Crippen LogP) is 6.86. The van der Waals surface area contributed by atoms with Crippen LogP contribution in [0, 0.1) is 35.5 Å². The highest BCUT2D eigenvalue weighted by molar-refractivity contribution is 6.01. The van der Waals surface area contributed by atoms with Crippen LogP contribution in [0.25, 0.3) is 16.8 Å².